The van der Waals surface area contributed by atoms with Crippen molar-refractivity contribution in [3.05, 3.63) is 118 Å². The number of alkyl carbamates (subject to hydrolysis) is 1. The molecule has 4 aliphatic heterocycles. The van der Waals surface area contributed by atoms with Gasteiger partial charge in [-0.1, -0.05) is 60.9 Å². The highest BCUT2D eigenvalue weighted by Crippen LogP contribution is 2.49. The maximum absolute atomic E-state index is 15.9. The Hall–Kier alpha value is -7.35. The summed E-state index contributed by atoms with van der Waals surface area (Å²) in [7, 11) is -0.712. The molecule has 4 heterocycles. The number of allylic oxidation sites excluding steroid dienone is 3. The quantitative estimate of drug-likeness (QED) is 0.0213. The van der Waals surface area contributed by atoms with Crippen molar-refractivity contribution in [2.24, 2.45) is 11.0 Å². The number of nitrogens with one attached hydrogen (secondary N) is 3. The molecular weight excluding hydrogens is 1090 g/mol. The first kappa shape index (κ1) is 60.3. The molecule has 4 bridgehead atoms. The van der Waals surface area contributed by atoms with Gasteiger partial charge in [0.2, 0.25) is 11.8 Å². The van der Waals surface area contributed by atoms with Crippen molar-refractivity contribution in [2.75, 3.05) is 38.0 Å². The average molecular weight is 1150 g/mol. The van der Waals surface area contributed by atoms with E-state index in [1.54, 1.807) is 38.1 Å². The highest BCUT2D eigenvalue weighted by molar-refractivity contribution is 7.86. The number of fused-ring (bicyclic) bond motifs is 5. The molecule has 22 nitrogen and oxygen atoms in total. The largest absolute Gasteiger partial charge is 0.495 e. The molecule has 4 aliphatic rings. The molecule has 7 atom stereocenters. The Morgan fingerprint density at radius 1 is 1.02 bits per heavy atom. The molecular formula is C55H62ClFN6O16S. The molecule has 0 aliphatic carbocycles. The topological polar surface area (TPSA) is 298 Å². The molecule has 2 fully saturated rings. The Kier molecular flexibility index (Phi) is 18.8. The third-order valence-electron chi connectivity index (χ3n) is 14.3. The number of hydrazone groups is 1. The standard InChI is InChI=1S/C55H62ClFN6O16S/c1-30-12-11-13-43(76-7)55(71)29-41(77-53(70)59-55)31(2)51-54(4,79-51)44(28-48(67)62(5)39-23-33(22-30)24-40(75-6)50(39)56)78-49(68)26-35-16-15-34(25-38(35)57)32(3)60-61-52(69)37-18-17-36(27-42(37)80(72,73)74)58-45(64)14-9-8-10-21-63-46(65)19-20-47(63)66/h11-13,15-20,23-25,27,31,41,43-44,51,71H,8-10,14,21-22,26,28-29H2,1-7H3,(H,58,64)(H,59,70)(H,61,69)(H,72,73,74)/b13-11+,30-12+,60-32+/t31-,41+,43-,44+,51+,54+,55+/m1/s1. The number of amides is 6. The number of anilines is 2. The number of carbonyl (C=O) groups is 7. The van der Waals surface area contributed by atoms with Gasteiger partial charge in [-0.05, 0) is 87.6 Å². The lowest BCUT2D eigenvalue weighted by Gasteiger charge is -2.42. The summed E-state index contributed by atoms with van der Waals surface area (Å²) in [6, 6.07) is 10.4. The van der Waals surface area contributed by atoms with E-state index in [2.05, 4.69) is 21.2 Å². The number of epoxide rings is 1. The van der Waals surface area contributed by atoms with Crippen LogP contribution in [-0.4, -0.2) is 134 Å². The predicted molar refractivity (Wildman–Crippen MR) is 288 cm³/mol. The molecule has 0 unspecified atom stereocenters. The minimum atomic E-state index is -5.03. The van der Waals surface area contributed by atoms with E-state index in [0.717, 1.165) is 34.2 Å². The first-order valence-electron chi connectivity index (χ1n) is 25.4. The zero-order chi connectivity index (χ0) is 58.4. The molecule has 6 amide bonds. The molecule has 428 valence electrons. The SMILES string of the molecule is COc1cc2cc(c1Cl)N(C)C(=O)C[C@H](OC(=O)Cc1ccc(/C(C)=N/NC(=O)c3ccc(NC(=O)CCCCCN4C(=O)C=CC4=O)cc3S(=O)(=O)O)cc1F)[C@]1(C)O[C@H]1[C@H](C)[C@@H]1C[C@@](O)(NC(=O)O1)[C@H](OC)/C=C/C=C(\C)C2. The summed E-state index contributed by atoms with van der Waals surface area (Å²) < 4.78 is 79.9. The van der Waals surface area contributed by atoms with Crippen LogP contribution in [0.5, 0.6) is 5.75 Å². The summed E-state index contributed by atoms with van der Waals surface area (Å²) in [6.07, 6.45) is 2.95. The lowest BCUT2D eigenvalue weighted by atomic mass is 9.83. The number of esters is 1. The molecule has 2 saturated heterocycles. The zero-order valence-corrected chi connectivity index (χ0v) is 46.4. The highest BCUT2D eigenvalue weighted by atomic mass is 35.5. The van der Waals surface area contributed by atoms with Gasteiger partial charge in [0, 0.05) is 62.9 Å². The van der Waals surface area contributed by atoms with Crippen LogP contribution in [0.25, 0.3) is 0 Å². The van der Waals surface area contributed by atoms with Crippen LogP contribution in [0.3, 0.4) is 0 Å². The van der Waals surface area contributed by atoms with E-state index in [-0.39, 0.29) is 46.9 Å². The van der Waals surface area contributed by atoms with Gasteiger partial charge in [0.25, 0.3) is 27.8 Å². The third-order valence-corrected chi connectivity index (χ3v) is 15.6. The Balaban J connectivity index is 1.04. The third kappa shape index (κ3) is 14.1. The molecule has 5 N–H and O–H groups in total. The summed E-state index contributed by atoms with van der Waals surface area (Å²) >= 11 is 6.79. The fourth-order valence-electron chi connectivity index (χ4n) is 9.74. The van der Waals surface area contributed by atoms with E-state index < -0.39 is 122 Å². The van der Waals surface area contributed by atoms with Gasteiger partial charge in [-0.3, -0.25) is 43.5 Å². The maximum Gasteiger partial charge on any atom is 0.409 e. The molecule has 0 radical (unpaired) electrons. The Morgan fingerprint density at radius 2 is 1.75 bits per heavy atom. The van der Waals surface area contributed by atoms with Gasteiger partial charge >= 0.3 is 12.1 Å². The molecule has 7 rings (SSSR count). The molecule has 25 heteroatoms. The van der Waals surface area contributed by atoms with Crippen LogP contribution in [-0.2, 0) is 65.9 Å². The minimum Gasteiger partial charge on any atom is -0.495 e. The minimum absolute atomic E-state index is 0.00442. The second kappa shape index (κ2) is 25.0. The molecule has 0 aromatic heterocycles. The summed E-state index contributed by atoms with van der Waals surface area (Å²) in [4.78, 5) is 92.2. The number of nitrogens with zero attached hydrogens (tertiary/aromatic N) is 3. The van der Waals surface area contributed by atoms with Crippen molar-refractivity contribution in [2.45, 2.75) is 120 Å². The zero-order valence-electron chi connectivity index (χ0n) is 44.9. The van der Waals surface area contributed by atoms with E-state index in [0.29, 0.717) is 37.1 Å². The number of ether oxygens (including phenoxy) is 5. The van der Waals surface area contributed by atoms with Crippen molar-refractivity contribution in [3.8, 4) is 5.75 Å². The normalized spacial score (nSPS) is 25.4. The number of rotatable bonds is 16. The van der Waals surface area contributed by atoms with Gasteiger partial charge in [-0.15, -0.1) is 0 Å². The Morgan fingerprint density at radius 3 is 2.42 bits per heavy atom. The molecule has 80 heavy (non-hydrogen) atoms. The number of hydrogen-bond acceptors (Lipinski definition) is 16. The number of unbranched alkanes of at least 4 members (excludes halogenated alkanes) is 2. The van der Waals surface area contributed by atoms with E-state index in [9.17, 15) is 51.6 Å². The van der Waals surface area contributed by atoms with Crippen molar-refractivity contribution < 1.29 is 79.7 Å². The fraction of sp³-hybridized carbons (Fsp3) is 0.418. The number of hydrogen-bond donors (Lipinski definition) is 5. The van der Waals surface area contributed by atoms with Crippen LogP contribution in [0.15, 0.2) is 94.5 Å². The number of methoxy groups -OCH3 is 2. The monoisotopic (exact) mass is 1150 g/mol. The first-order chi connectivity index (χ1) is 37.7. The van der Waals surface area contributed by atoms with Crippen molar-refractivity contribution in [3.63, 3.8) is 0 Å². The summed E-state index contributed by atoms with van der Waals surface area (Å²) in [5, 5.41) is 21.0. The number of aliphatic hydroxyl groups is 1. The Bertz CT molecular complexity index is 3210. The second-order valence-electron chi connectivity index (χ2n) is 20.1. The number of carbonyl (C=O) groups excluding carboxylic acids is 7. The second-order valence-corrected chi connectivity index (χ2v) is 21.9. The van der Waals surface area contributed by atoms with Gasteiger partial charge < -0.3 is 39.0 Å². The number of benzene rings is 3. The van der Waals surface area contributed by atoms with E-state index in [1.807, 2.05) is 13.0 Å². The van der Waals surface area contributed by atoms with Gasteiger partial charge in [-0.2, -0.15) is 13.5 Å². The highest BCUT2D eigenvalue weighted by Gasteiger charge is 2.64. The van der Waals surface area contributed by atoms with Crippen LogP contribution in [0.1, 0.15) is 93.3 Å². The van der Waals surface area contributed by atoms with Crippen LogP contribution < -0.4 is 25.7 Å². The van der Waals surface area contributed by atoms with E-state index >= 15 is 4.39 Å². The van der Waals surface area contributed by atoms with E-state index in [4.69, 9.17) is 35.3 Å². The maximum atomic E-state index is 15.9. The van der Waals surface area contributed by atoms with Gasteiger partial charge in [-0.25, -0.2) is 14.6 Å². The first-order valence-corrected chi connectivity index (χ1v) is 27.2. The smallest absolute Gasteiger partial charge is 0.409 e. The molecule has 3 aromatic rings. The van der Waals surface area contributed by atoms with Crippen LogP contribution in [0.4, 0.5) is 20.6 Å². The van der Waals surface area contributed by atoms with Gasteiger partial charge in [0.05, 0.1) is 43.0 Å². The molecule has 3 aromatic carbocycles. The summed E-state index contributed by atoms with van der Waals surface area (Å²) in [6.45, 7) is 6.82. The molecule has 0 saturated carbocycles. The lowest BCUT2D eigenvalue weighted by Crippen LogP contribution is -2.63. The Labute approximate surface area is 466 Å². The summed E-state index contributed by atoms with van der Waals surface area (Å²) in [5.74, 6) is -5.14. The van der Waals surface area contributed by atoms with Crippen LogP contribution in [0.2, 0.25) is 5.02 Å². The van der Waals surface area contributed by atoms with Crippen molar-refractivity contribution in [1.82, 2.24) is 15.6 Å². The molecule has 0 spiro atoms. The van der Waals surface area contributed by atoms with E-state index in [1.165, 1.54) is 63.4 Å². The van der Waals surface area contributed by atoms with Crippen LogP contribution >= 0.6 is 11.6 Å². The van der Waals surface area contributed by atoms with Crippen molar-refractivity contribution in [1.29, 1.82) is 0 Å². The number of imide groups is 1. The fourth-order valence-corrected chi connectivity index (χ4v) is 10.8. The van der Waals surface area contributed by atoms with Crippen molar-refractivity contribution >= 4 is 80.4 Å². The average Bonchev–Trinajstić information content (AvgIpc) is 4.24. The lowest BCUT2D eigenvalue weighted by molar-refractivity contribution is -0.153. The van der Waals surface area contributed by atoms with Gasteiger partial charge in [0.1, 0.15) is 45.4 Å². The predicted octanol–water partition coefficient (Wildman–Crippen LogP) is 5.87. The van der Waals surface area contributed by atoms with Gasteiger partial charge in [0.15, 0.2) is 5.72 Å². The van der Waals surface area contributed by atoms with Crippen LogP contribution in [0, 0.1) is 11.7 Å². The number of halogens is 2. The summed E-state index contributed by atoms with van der Waals surface area (Å²) in [5.41, 5.74) is 0.237.